The van der Waals surface area contributed by atoms with Crippen molar-refractivity contribution in [3.8, 4) is 0 Å². The van der Waals surface area contributed by atoms with E-state index in [-0.39, 0.29) is 24.3 Å². The molecule has 3 rings (SSSR count). The van der Waals surface area contributed by atoms with Crippen LogP contribution >= 0.6 is 0 Å². The summed E-state index contributed by atoms with van der Waals surface area (Å²) < 4.78 is 5.72. The summed E-state index contributed by atoms with van der Waals surface area (Å²) in [7, 11) is 0. The van der Waals surface area contributed by atoms with Gasteiger partial charge in [-0.3, -0.25) is 0 Å². The number of rotatable bonds is 2. The van der Waals surface area contributed by atoms with Crippen LogP contribution in [0.15, 0.2) is 0 Å². The van der Waals surface area contributed by atoms with E-state index in [1.807, 2.05) is 0 Å². The van der Waals surface area contributed by atoms with E-state index in [0.717, 1.165) is 32.1 Å². The second kappa shape index (κ2) is 4.91. The smallest absolute Gasteiger partial charge is 0.329 e. The molecule has 3 fully saturated rings. The summed E-state index contributed by atoms with van der Waals surface area (Å²) in [5, 5.41) is 12.4. The number of ether oxygens (including phenoxy) is 1. The summed E-state index contributed by atoms with van der Waals surface area (Å²) in [6.07, 6.45) is 5.55. The van der Waals surface area contributed by atoms with E-state index in [1.165, 1.54) is 4.90 Å². The van der Waals surface area contributed by atoms with E-state index in [9.17, 15) is 14.7 Å². The number of carboxylic acid groups (broad SMARTS) is 1. The molecule has 3 aliphatic heterocycles. The first-order chi connectivity index (χ1) is 9.50. The number of carbonyl (C=O) groups excluding carboxylic acids is 1. The van der Waals surface area contributed by atoms with Crippen molar-refractivity contribution in [2.24, 2.45) is 0 Å². The molecule has 3 saturated heterocycles. The standard InChI is InChI=1S/C14H22N2O4/c1-14(12(17)18)6-2-3-7-16(14)13(19)15-10-8-9-4-5-11(10)20-9/h9-11H,2-8H2,1H3,(H,15,19)(H,17,18). The van der Waals surface area contributed by atoms with Crippen LogP contribution in [0.2, 0.25) is 0 Å². The number of hydrogen-bond donors (Lipinski definition) is 2. The average molecular weight is 282 g/mol. The number of carboxylic acids is 1. The van der Waals surface area contributed by atoms with Crippen LogP contribution in [0.5, 0.6) is 0 Å². The Morgan fingerprint density at radius 3 is 2.75 bits per heavy atom. The van der Waals surface area contributed by atoms with Gasteiger partial charge in [0.1, 0.15) is 5.54 Å². The molecule has 2 N–H and O–H groups in total. The molecule has 0 aliphatic carbocycles. The molecule has 6 heteroatoms. The fourth-order valence-corrected chi connectivity index (χ4v) is 3.70. The number of hydrogen-bond acceptors (Lipinski definition) is 3. The maximum atomic E-state index is 12.4. The first-order valence-electron chi connectivity index (χ1n) is 7.48. The normalized spacial score (nSPS) is 39.9. The highest BCUT2D eigenvalue weighted by Crippen LogP contribution is 2.35. The minimum absolute atomic E-state index is 0.0428. The molecule has 20 heavy (non-hydrogen) atoms. The number of carbonyl (C=O) groups is 2. The van der Waals surface area contributed by atoms with Crippen LogP contribution in [0, 0.1) is 0 Å². The number of aliphatic carboxylic acids is 1. The Balaban J connectivity index is 1.67. The summed E-state index contributed by atoms with van der Waals surface area (Å²) in [5.74, 6) is -0.920. The number of likely N-dealkylation sites (tertiary alicyclic amines) is 1. The lowest BCUT2D eigenvalue weighted by Crippen LogP contribution is -2.61. The maximum Gasteiger partial charge on any atom is 0.329 e. The summed E-state index contributed by atoms with van der Waals surface area (Å²) in [5.41, 5.74) is -1.08. The summed E-state index contributed by atoms with van der Waals surface area (Å²) in [4.78, 5) is 25.4. The Hall–Kier alpha value is -1.30. The van der Waals surface area contributed by atoms with Crippen LogP contribution in [0.3, 0.4) is 0 Å². The molecule has 6 nitrogen and oxygen atoms in total. The van der Waals surface area contributed by atoms with Gasteiger partial charge >= 0.3 is 12.0 Å². The Kier molecular flexibility index (Phi) is 3.36. The minimum Gasteiger partial charge on any atom is -0.480 e. The minimum atomic E-state index is -1.08. The molecule has 0 saturated carbocycles. The molecule has 112 valence electrons. The summed E-state index contributed by atoms with van der Waals surface area (Å²) >= 11 is 0. The summed E-state index contributed by atoms with van der Waals surface area (Å²) in [6, 6.07) is -0.211. The van der Waals surface area contributed by atoms with Gasteiger partial charge < -0.3 is 20.1 Å². The number of nitrogens with one attached hydrogen (secondary N) is 1. The zero-order chi connectivity index (χ0) is 14.3. The quantitative estimate of drug-likeness (QED) is 0.801. The van der Waals surface area contributed by atoms with Crippen molar-refractivity contribution < 1.29 is 19.4 Å². The predicted molar refractivity (Wildman–Crippen MR) is 71.4 cm³/mol. The highest BCUT2D eigenvalue weighted by molar-refractivity contribution is 5.86. The zero-order valence-electron chi connectivity index (χ0n) is 11.8. The van der Waals surface area contributed by atoms with Crippen LogP contribution < -0.4 is 5.32 Å². The van der Waals surface area contributed by atoms with Crippen molar-refractivity contribution in [2.75, 3.05) is 6.54 Å². The van der Waals surface area contributed by atoms with Gasteiger partial charge in [-0.15, -0.1) is 0 Å². The lowest BCUT2D eigenvalue weighted by molar-refractivity contribution is -0.150. The van der Waals surface area contributed by atoms with Crippen molar-refractivity contribution in [3.63, 3.8) is 0 Å². The van der Waals surface area contributed by atoms with Gasteiger partial charge in [-0.1, -0.05) is 0 Å². The number of piperidine rings is 1. The molecule has 0 radical (unpaired) electrons. The monoisotopic (exact) mass is 282 g/mol. The molecule has 4 atom stereocenters. The average Bonchev–Trinajstić information content (AvgIpc) is 3.01. The largest absolute Gasteiger partial charge is 0.480 e. The van der Waals surface area contributed by atoms with E-state index < -0.39 is 11.5 Å². The molecule has 3 heterocycles. The van der Waals surface area contributed by atoms with E-state index >= 15 is 0 Å². The predicted octanol–water partition coefficient (Wildman–Crippen LogP) is 1.35. The third kappa shape index (κ3) is 2.16. The highest BCUT2D eigenvalue weighted by Gasteiger charge is 2.46. The molecule has 0 aromatic heterocycles. The lowest BCUT2D eigenvalue weighted by Gasteiger charge is -2.42. The molecule has 3 aliphatic rings. The summed E-state index contributed by atoms with van der Waals surface area (Å²) in [6.45, 7) is 2.15. The molecule has 0 aromatic carbocycles. The molecular formula is C14H22N2O4. The van der Waals surface area contributed by atoms with Gasteiger partial charge in [0.2, 0.25) is 0 Å². The van der Waals surface area contributed by atoms with Crippen LogP contribution in [0.25, 0.3) is 0 Å². The van der Waals surface area contributed by atoms with Gasteiger partial charge in [-0.2, -0.15) is 0 Å². The van der Waals surface area contributed by atoms with Crippen molar-refractivity contribution in [3.05, 3.63) is 0 Å². The lowest BCUT2D eigenvalue weighted by atomic mass is 9.88. The van der Waals surface area contributed by atoms with Crippen molar-refractivity contribution in [1.29, 1.82) is 0 Å². The van der Waals surface area contributed by atoms with Gasteiger partial charge in [0.05, 0.1) is 18.2 Å². The van der Waals surface area contributed by atoms with Crippen LogP contribution in [-0.4, -0.2) is 52.3 Å². The van der Waals surface area contributed by atoms with Crippen LogP contribution in [0.1, 0.15) is 45.4 Å². The second-order valence-corrected chi connectivity index (χ2v) is 6.35. The Morgan fingerprint density at radius 2 is 2.15 bits per heavy atom. The highest BCUT2D eigenvalue weighted by atomic mass is 16.5. The Labute approximate surface area is 118 Å². The Morgan fingerprint density at radius 1 is 1.35 bits per heavy atom. The molecule has 2 bridgehead atoms. The van der Waals surface area contributed by atoms with E-state index in [1.54, 1.807) is 6.92 Å². The fourth-order valence-electron chi connectivity index (χ4n) is 3.70. The van der Waals surface area contributed by atoms with Gasteiger partial charge in [-0.25, -0.2) is 9.59 Å². The third-order valence-electron chi connectivity index (χ3n) is 5.01. The number of urea groups is 1. The SMILES string of the molecule is CC1(C(=O)O)CCCCN1C(=O)NC1CC2CCC1O2. The molecule has 2 amide bonds. The zero-order valence-corrected chi connectivity index (χ0v) is 11.8. The molecule has 4 unspecified atom stereocenters. The molecule has 0 spiro atoms. The van der Waals surface area contributed by atoms with Crippen molar-refractivity contribution in [2.45, 2.75) is 69.2 Å². The van der Waals surface area contributed by atoms with Gasteiger partial charge in [0.25, 0.3) is 0 Å². The third-order valence-corrected chi connectivity index (χ3v) is 5.01. The van der Waals surface area contributed by atoms with Gasteiger partial charge in [0, 0.05) is 6.54 Å². The van der Waals surface area contributed by atoms with Gasteiger partial charge in [0.15, 0.2) is 0 Å². The van der Waals surface area contributed by atoms with E-state index in [2.05, 4.69) is 5.32 Å². The van der Waals surface area contributed by atoms with Gasteiger partial charge in [-0.05, 0) is 45.4 Å². The Bertz CT molecular complexity index is 427. The molecule has 0 aromatic rings. The number of nitrogens with zero attached hydrogens (tertiary/aromatic N) is 1. The van der Waals surface area contributed by atoms with Crippen molar-refractivity contribution in [1.82, 2.24) is 10.2 Å². The maximum absolute atomic E-state index is 12.4. The van der Waals surface area contributed by atoms with E-state index in [4.69, 9.17) is 4.74 Å². The first-order valence-corrected chi connectivity index (χ1v) is 7.48. The first kappa shape index (κ1) is 13.7. The van der Waals surface area contributed by atoms with E-state index in [0.29, 0.717) is 13.0 Å². The van der Waals surface area contributed by atoms with Crippen molar-refractivity contribution >= 4 is 12.0 Å². The number of amides is 2. The fraction of sp³-hybridized carbons (Fsp3) is 0.857. The van der Waals surface area contributed by atoms with Crippen LogP contribution in [0.4, 0.5) is 4.79 Å². The molecular weight excluding hydrogens is 260 g/mol. The number of fused-ring (bicyclic) bond motifs is 2. The van der Waals surface area contributed by atoms with Crippen LogP contribution in [-0.2, 0) is 9.53 Å². The second-order valence-electron chi connectivity index (χ2n) is 6.35. The topological polar surface area (TPSA) is 78.9 Å².